The van der Waals surface area contributed by atoms with Crippen LogP contribution in [0.15, 0.2) is 0 Å². The molecule has 4 heteroatoms. The average molecular weight is 268 g/mol. The van der Waals surface area contributed by atoms with E-state index in [4.69, 9.17) is 0 Å². The molecule has 19 heavy (non-hydrogen) atoms. The highest BCUT2D eigenvalue weighted by molar-refractivity contribution is 5.70. The van der Waals surface area contributed by atoms with Gasteiger partial charge in [0.2, 0.25) is 0 Å². The number of carboxylic acid groups (broad SMARTS) is 1. The Bertz CT molecular complexity index is 280. The first-order chi connectivity index (χ1) is 9.16. The molecule has 2 fully saturated rings. The van der Waals surface area contributed by atoms with E-state index in [9.17, 15) is 9.90 Å². The lowest BCUT2D eigenvalue weighted by atomic mass is 9.84. The smallest absolute Gasteiger partial charge is 0.308 e. The highest BCUT2D eigenvalue weighted by Crippen LogP contribution is 2.26. The number of hydrogen-bond acceptors (Lipinski definition) is 3. The second-order valence-electron chi connectivity index (χ2n) is 6.30. The quantitative estimate of drug-likeness (QED) is 0.846. The summed E-state index contributed by atoms with van der Waals surface area (Å²) in [5, 5.41) is 9.55. The van der Waals surface area contributed by atoms with Gasteiger partial charge in [-0.3, -0.25) is 4.79 Å². The van der Waals surface area contributed by atoms with E-state index in [-0.39, 0.29) is 5.92 Å². The Kier molecular flexibility index (Phi) is 5.64. The number of piperidine rings is 1. The number of hydrogen-bond donors (Lipinski definition) is 1. The van der Waals surface area contributed by atoms with Gasteiger partial charge >= 0.3 is 5.97 Å². The van der Waals surface area contributed by atoms with Gasteiger partial charge in [-0.15, -0.1) is 0 Å². The predicted octanol–water partition coefficient (Wildman–Crippen LogP) is 1.90. The highest BCUT2D eigenvalue weighted by atomic mass is 16.4. The lowest BCUT2D eigenvalue weighted by Crippen LogP contribution is -2.42. The largest absolute Gasteiger partial charge is 0.481 e. The van der Waals surface area contributed by atoms with E-state index in [1.165, 1.54) is 25.7 Å². The summed E-state index contributed by atoms with van der Waals surface area (Å²) in [7, 11) is 2.13. The van der Waals surface area contributed by atoms with Gasteiger partial charge in [0.25, 0.3) is 0 Å². The Labute approximate surface area is 116 Å². The maximum Gasteiger partial charge on any atom is 0.308 e. The van der Waals surface area contributed by atoms with E-state index in [2.05, 4.69) is 16.8 Å². The fraction of sp³-hybridized carbons (Fsp3) is 0.933. The minimum Gasteiger partial charge on any atom is -0.481 e. The maximum atomic E-state index is 11.6. The van der Waals surface area contributed by atoms with Crippen molar-refractivity contribution in [1.82, 2.24) is 9.80 Å². The normalized spacial score (nSPS) is 25.9. The first-order valence-corrected chi connectivity index (χ1v) is 7.80. The SMILES string of the molecule is CN1CCC(C(CN2CCCCCC2)C(=O)O)CC1. The van der Waals surface area contributed by atoms with Crippen LogP contribution in [-0.2, 0) is 4.79 Å². The molecule has 0 aromatic rings. The molecule has 2 saturated heterocycles. The summed E-state index contributed by atoms with van der Waals surface area (Å²) in [4.78, 5) is 16.3. The zero-order valence-electron chi connectivity index (χ0n) is 12.2. The van der Waals surface area contributed by atoms with Crippen LogP contribution in [0.3, 0.4) is 0 Å². The summed E-state index contributed by atoms with van der Waals surface area (Å²) in [6.07, 6.45) is 7.17. The third kappa shape index (κ3) is 4.46. The zero-order chi connectivity index (χ0) is 13.7. The molecule has 0 aliphatic carbocycles. The predicted molar refractivity (Wildman–Crippen MR) is 76.3 cm³/mol. The third-order valence-corrected chi connectivity index (χ3v) is 4.80. The molecule has 0 amide bonds. The number of carboxylic acids is 1. The molecule has 0 radical (unpaired) electrons. The molecule has 1 atom stereocenters. The molecular weight excluding hydrogens is 240 g/mol. The van der Waals surface area contributed by atoms with Gasteiger partial charge in [0.1, 0.15) is 0 Å². The summed E-state index contributed by atoms with van der Waals surface area (Å²) in [6.45, 7) is 5.05. The second kappa shape index (κ2) is 7.25. The van der Waals surface area contributed by atoms with Gasteiger partial charge in [-0.1, -0.05) is 12.8 Å². The van der Waals surface area contributed by atoms with Crippen LogP contribution in [0.25, 0.3) is 0 Å². The molecule has 1 N–H and O–H groups in total. The van der Waals surface area contributed by atoms with E-state index in [0.29, 0.717) is 5.92 Å². The lowest BCUT2D eigenvalue weighted by molar-refractivity contribution is -0.145. The summed E-state index contributed by atoms with van der Waals surface area (Å²) < 4.78 is 0. The van der Waals surface area contributed by atoms with Crippen LogP contribution in [0.1, 0.15) is 38.5 Å². The second-order valence-corrected chi connectivity index (χ2v) is 6.30. The van der Waals surface area contributed by atoms with Crippen LogP contribution in [0.2, 0.25) is 0 Å². The van der Waals surface area contributed by atoms with Crippen molar-refractivity contribution in [3.05, 3.63) is 0 Å². The first-order valence-electron chi connectivity index (χ1n) is 7.80. The zero-order valence-corrected chi connectivity index (χ0v) is 12.2. The van der Waals surface area contributed by atoms with Crippen molar-refractivity contribution >= 4 is 5.97 Å². The molecule has 0 aromatic carbocycles. The van der Waals surface area contributed by atoms with Crippen molar-refractivity contribution in [2.24, 2.45) is 11.8 Å². The average Bonchev–Trinajstić information content (AvgIpc) is 2.65. The molecular formula is C15H28N2O2. The van der Waals surface area contributed by atoms with Gasteiger partial charge in [-0.25, -0.2) is 0 Å². The molecule has 2 heterocycles. The van der Waals surface area contributed by atoms with Gasteiger partial charge in [0, 0.05) is 6.54 Å². The maximum absolute atomic E-state index is 11.6. The number of carbonyl (C=O) groups is 1. The van der Waals surface area contributed by atoms with Crippen LogP contribution in [0, 0.1) is 11.8 Å². The molecule has 0 bridgehead atoms. The highest BCUT2D eigenvalue weighted by Gasteiger charge is 2.32. The summed E-state index contributed by atoms with van der Waals surface area (Å²) in [5.74, 6) is -0.373. The number of likely N-dealkylation sites (tertiary alicyclic amines) is 2. The molecule has 2 aliphatic heterocycles. The van der Waals surface area contributed by atoms with E-state index in [1.54, 1.807) is 0 Å². The fourth-order valence-electron chi connectivity index (χ4n) is 3.46. The molecule has 2 rings (SSSR count). The molecule has 4 nitrogen and oxygen atoms in total. The van der Waals surface area contributed by atoms with E-state index < -0.39 is 5.97 Å². The van der Waals surface area contributed by atoms with Crippen molar-refractivity contribution < 1.29 is 9.90 Å². The Hall–Kier alpha value is -0.610. The van der Waals surface area contributed by atoms with Crippen molar-refractivity contribution in [3.63, 3.8) is 0 Å². The lowest BCUT2D eigenvalue weighted by Gasteiger charge is -2.34. The Morgan fingerprint density at radius 1 is 1.11 bits per heavy atom. The van der Waals surface area contributed by atoms with Gasteiger partial charge in [0.05, 0.1) is 5.92 Å². The topological polar surface area (TPSA) is 43.8 Å². The van der Waals surface area contributed by atoms with Crippen LogP contribution >= 0.6 is 0 Å². The summed E-state index contributed by atoms with van der Waals surface area (Å²) in [6, 6.07) is 0. The third-order valence-electron chi connectivity index (χ3n) is 4.80. The minimum absolute atomic E-state index is 0.160. The summed E-state index contributed by atoms with van der Waals surface area (Å²) >= 11 is 0. The summed E-state index contributed by atoms with van der Waals surface area (Å²) in [5.41, 5.74) is 0. The van der Waals surface area contributed by atoms with Crippen molar-refractivity contribution in [2.45, 2.75) is 38.5 Å². The van der Waals surface area contributed by atoms with Crippen molar-refractivity contribution in [2.75, 3.05) is 39.8 Å². The molecule has 0 aromatic heterocycles. The van der Waals surface area contributed by atoms with Crippen LogP contribution in [-0.4, -0.2) is 60.6 Å². The van der Waals surface area contributed by atoms with Gasteiger partial charge in [-0.2, -0.15) is 0 Å². The van der Waals surface area contributed by atoms with Crippen LogP contribution < -0.4 is 0 Å². The monoisotopic (exact) mass is 268 g/mol. The Morgan fingerprint density at radius 3 is 2.21 bits per heavy atom. The number of nitrogens with zero attached hydrogens (tertiary/aromatic N) is 2. The standard InChI is InChI=1S/C15H28N2O2/c1-16-10-6-13(7-11-16)14(15(18)19)12-17-8-4-2-3-5-9-17/h13-14H,2-12H2,1H3,(H,18,19). The number of aliphatic carboxylic acids is 1. The van der Waals surface area contributed by atoms with Crippen molar-refractivity contribution in [3.8, 4) is 0 Å². The van der Waals surface area contributed by atoms with E-state index >= 15 is 0 Å². The first kappa shape index (κ1) is 14.8. The van der Waals surface area contributed by atoms with Gasteiger partial charge < -0.3 is 14.9 Å². The number of rotatable bonds is 4. The van der Waals surface area contributed by atoms with Gasteiger partial charge in [-0.05, 0) is 64.8 Å². The van der Waals surface area contributed by atoms with E-state index in [1.807, 2.05) is 0 Å². The molecule has 1 unspecified atom stereocenters. The fourth-order valence-corrected chi connectivity index (χ4v) is 3.46. The molecule has 110 valence electrons. The minimum atomic E-state index is -0.584. The molecule has 0 saturated carbocycles. The van der Waals surface area contributed by atoms with Crippen LogP contribution in [0.5, 0.6) is 0 Å². The van der Waals surface area contributed by atoms with Crippen molar-refractivity contribution in [1.29, 1.82) is 0 Å². The Morgan fingerprint density at radius 2 is 1.68 bits per heavy atom. The van der Waals surface area contributed by atoms with Gasteiger partial charge in [0.15, 0.2) is 0 Å². The molecule has 0 spiro atoms. The van der Waals surface area contributed by atoms with E-state index in [0.717, 1.165) is 45.6 Å². The van der Waals surface area contributed by atoms with Crippen LogP contribution in [0.4, 0.5) is 0 Å². The molecule has 2 aliphatic rings. The Balaban J connectivity index is 1.89.